The molecule has 1 nitrogen and oxygen atoms in total. The van der Waals surface area contributed by atoms with Crippen molar-refractivity contribution in [2.45, 2.75) is 52.9 Å². The van der Waals surface area contributed by atoms with Crippen LogP contribution in [0.4, 0.5) is 0 Å². The maximum Gasteiger partial charge on any atom is -0.00517 e. The zero-order chi connectivity index (χ0) is 9.45. The number of hydrogen-bond acceptors (Lipinski definition) is 1. The van der Waals surface area contributed by atoms with Crippen LogP contribution >= 0.6 is 0 Å². The van der Waals surface area contributed by atoms with E-state index in [1.165, 1.54) is 38.6 Å². The predicted molar refractivity (Wildman–Crippen MR) is 56.5 cm³/mol. The molecule has 0 atom stereocenters. The molecule has 0 unspecified atom stereocenters. The summed E-state index contributed by atoms with van der Waals surface area (Å²) in [7, 11) is 2.03. The first-order valence-corrected chi connectivity index (χ1v) is 5.47. The molecular weight excluding hydrogens is 146 g/mol. The van der Waals surface area contributed by atoms with E-state index in [1.54, 1.807) is 0 Å². The summed E-state index contributed by atoms with van der Waals surface area (Å²) in [6.07, 6.45) is 7.20. The molecular formula is C11H25N. The minimum atomic E-state index is 0.802. The van der Waals surface area contributed by atoms with E-state index in [0.29, 0.717) is 0 Å². The van der Waals surface area contributed by atoms with Crippen molar-refractivity contribution in [1.29, 1.82) is 0 Å². The smallest absolute Gasteiger partial charge is 0.00517 e. The van der Waals surface area contributed by atoms with Gasteiger partial charge < -0.3 is 5.32 Å². The first-order valence-electron chi connectivity index (χ1n) is 5.47. The average molecular weight is 171 g/mol. The highest BCUT2D eigenvalue weighted by Crippen LogP contribution is 2.52. The maximum absolute atomic E-state index is 3.19. The highest BCUT2D eigenvalue weighted by atomic mass is 14.8. The topological polar surface area (TPSA) is 12.0 Å². The van der Waals surface area contributed by atoms with E-state index in [9.17, 15) is 0 Å². The molecule has 1 rings (SSSR count). The summed E-state index contributed by atoms with van der Waals surface area (Å²) >= 11 is 0. The molecule has 0 saturated heterocycles. The standard InChI is InChI=1S/C9H19N.C2H6/c1-3-9(6-7-9)5-4-8-10-2;1-2/h10H,3-8H2,1-2H3;1-2H3. The van der Waals surface area contributed by atoms with Gasteiger partial charge >= 0.3 is 0 Å². The Kier molecular flexibility index (Phi) is 6.45. The van der Waals surface area contributed by atoms with Gasteiger partial charge in [0.2, 0.25) is 0 Å². The highest BCUT2D eigenvalue weighted by molar-refractivity contribution is 4.91. The molecule has 0 amide bonds. The Hall–Kier alpha value is -0.0400. The van der Waals surface area contributed by atoms with E-state index in [1.807, 2.05) is 20.9 Å². The maximum atomic E-state index is 3.19. The second-order valence-corrected chi connectivity index (χ2v) is 3.56. The van der Waals surface area contributed by atoms with Crippen LogP contribution in [0.25, 0.3) is 0 Å². The molecule has 74 valence electrons. The van der Waals surface area contributed by atoms with Crippen LogP contribution in [0.5, 0.6) is 0 Å². The summed E-state index contributed by atoms with van der Waals surface area (Å²) in [5.41, 5.74) is 0.802. The molecule has 1 N–H and O–H groups in total. The van der Waals surface area contributed by atoms with Gasteiger partial charge in [-0.05, 0) is 44.7 Å². The van der Waals surface area contributed by atoms with E-state index >= 15 is 0 Å². The Morgan fingerprint density at radius 2 is 1.83 bits per heavy atom. The quantitative estimate of drug-likeness (QED) is 0.626. The van der Waals surface area contributed by atoms with Crippen molar-refractivity contribution in [1.82, 2.24) is 5.32 Å². The predicted octanol–water partition coefficient (Wildman–Crippen LogP) is 3.20. The lowest BCUT2D eigenvalue weighted by Crippen LogP contribution is -2.10. The van der Waals surface area contributed by atoms with Gasteiger partial charge in [0.05, 0.1) is 0 Å². The average Bonchev–Trinajstić information content (AvgIpc) is 2.90. The fourth-order valence-corrected chi connectivity index (χ4v) is 1.60. The lowest BCUT2D eigenvalue weighted by Gasteiger charge is -2.10. The molecule has 0 radical (unpaired) electrons. The van der Waals surface area contributed by atoms with E-state index < -0.39 is 0 Å². The lowest BCUT2D eigenvalue weighted by atomic mass is 9.97. The van der Waals surface area contributed by atoms with Crippen LogP contribution < -0.4 is 5.32 Å². The molecule has 0 aromatic heterocycles. The molecule has 12 heavy (non-hydrogen) atoms. The van der Waals surface area contributed by atoms with Gasteiger partial charge in [-0.1, -0.05) is 27.2 Å². The molecule has 0 aromatic rings. The third kappa shape index (κ3) is 4.10. The normalized spacial score (nSPS) is 18.0. The van der Waals surface area contributed by atoms with Crippen molar-refractivity contribution in [2.24, 2.45) is 5.41 Å². The summed E-state index contributed by atoms with van der Waals surface area (Å²) in [6.45, 7) is 7.52. The zero-order valence-electron chi connectivity index (χ0n) is 9.24. The van der Waals surface area contributed by atoms with Crippen molar-refractivity contribution >= 4 is 0 Å². The Morgan fingerprint density at radius 3 is 2.17 bits per heavy atom. The van der Waals surface area contributed by atoms with Crippen molar-refractivity contribution < 1.29 is 0 Å². The fourth-order valence-electron chi connectivity index (χ4n) is 1.60. The molecule has 1 heteroatoms. The molecule has 1 aliphatic rings. The SMILES string of the molecule is CC.CCC1(CCCNC)CC1. The summed E-state index contributed by atoms with van der Waals surface area (Å²) in [5, 5.41) is 3.19. The number of nitrogens with one attached hydrogen (secondary N) is 1. The van der Waals surface area contributed by atoms with E-state index in [0.717, 1.165) is 5.41 Å². The molecule has 0 spiro atoms. The van der Waals surface area contributed by atoms with Crippen LogP contribution in [0.2, 0.25) is 0 Å². The first kappa shape index (κ1) is 12.0. The van der Waals surface area contributed by atoms with Gasteiger partial charge in [0.25, 0.3) is 0 Å². The van der Waals surface area contributed by atoms with Gasteiger partial charge in [-0.15, -0.1) is 0 Å². The molecule has 0 heterocycles. The molecule has 1 fully saturated rings. The van der Waals surface area contributed by atoms with Crippen LogP contribution in [-0.4, -0.2) is 13.6 Å². The van der Waals surface area contributed by atoms with Gasteiger partial charge in [-0.25, -0.2) is 0 Å². The third-order valence-electron chi connectivity index (χ3n) is 2.84. The fraction of sp³-hybridized carbons (Fsp3) is 1.00. The largest absolute Gasteiger partial charge is 0.320 e. The van der Waals surface area contributed by atoms with Gasteiger partial charge in [0.1, 0.15) is 0 Å². The van der Waals surface area contributed by atoms with Crippen molar-refractivity contribution in [3.63, 3.8) is 0 Å². The number of hydrogen-bond donors (Lipinski definition) is 1. The summed E-state index contributed by atoms with van der Waals surface area (Å²) in [6, 6.07) is 0. The van der Waals surface area contributed by atoms with Crippen molar-refractivity contribution in [3.05, 3.63) is 0 Å². The Balaban J connectivity index is 0.000000561. The molecule has 1 saturated carbocycles. The lowest BCUT2D eigenvalue weighted by molar-refractivity contribution is 0.430. The van der Waals surface area contributed by atoms with Gasteiger partial charge in [0, 0.05) is 0 Å². The van der Waals surface area contributed by atoms with Gasteiger partial charge in [0.15, 0.2) is 0 Å². The van der Waals surface area contributed by atoms with E-state index in [2.05, 4.69) is 12.2 Å². The minimum absolute atomic E-state index is 0.802. The molecule has 0 aliphatic heterocycles. The Bertz CT molecular complexity index is 95.2. The summed E-state index contributed by atoms with van der Waals surface area (Å²) in [4.78, 5) is 0. The van der Waals surface area contributed by atoms with Crippen molar-refractivity contribution in [2.75, 3.05) is 13.6 Å². The Morgan fingerprint density at radius 1 is 1.25 bits per heavy atom. The second kappa shape index (κ2) is 6.47. The van der Waals surface area contributed by atoms with Crippen molar-refractivity contribution in [3.8, 4) is 0 Å². The minimum Gasteiger partial charge on any atom is -0.320 e. The number of rotatable bonds is 5. The van der Waals surface area contributed by atoms with E-state index in [4.69, 9.17) is 0 Å². The van der Waals surface area contributed by atoms with Gasteiger partial charge in [-0.3, -0.25) is 0 Å². The van der Waals surface area contributed by atoms with Crippen LogP contribution in [0.1, 0.15) is 52.9 Å². The third-order valence-corrected chi connectivity index (χ3v) is 2.84. The van der Waals surface area contributed by atoms with Crippen LogP contribution in [-0.2, 0) is 0 Å². The molecule has 0 aromatic carbocycles. The summed E-state index contributed by atoms with van der Waals surface area (Å²) in [5.74, 6) is 0. The highest BCUT2D eigenvalue weighted by Gasteiger charge is 2.39. The second-order valence-electron chi connectivity index (χ2n) is 3.56. The zero-order valence-corrected chi connectivity index (χ0v) is 9.24. The molecule has 0 bridgehead atoms. The van der Waals surface area contributed by atoms with Gasteiger partial charge in [-0.2, -0.15) is 0 Å². The van der Waals surface area contributed by atoms with Crippen LogP contribution in [0.15, 0.2) is 0 Å². The monoisotopic (exact) mass is 171 g/mol. The molecule has 1 aliphatic carbocycles. The Labute approximate surface area is 77.9 Å². The summed E-state index contributed by atoms with van der Waals surface area (Å²) < 4.78 is 0. The van der Waals surface area contributed by atoms with Crippen LogP contribution in [0.3, 0.4) is 0 Å². The van der Waals surface area contributed by atoms with E-state index in [-0.39, 0.29) is 0 Å². The van der Waals surface area contributed by atoms with Crippen LogP contribution in [0, 0.1) is 5.41 Å². The first-order chi connectivity index (χ1) is 5.83.